The molecular formula is C22H23ClN2O. The van der Waals surface area contributed by atoms with Crippen LogP contribution in [0.5, 0.6) is 0 Å². The van der Waals surface area contributed by atoms with Crippen LogP contribution in [-0.4, -0.2) is 18.3 Å². The fraction of sp³-hybridized carbons (Fsp3) is 0.273. The molecule has 4 rings (SSSR count). The second-order valence-corrected chi connectivity index (χ2v) is 7.32. The summed E-state index contributed by atoms with van der Waals surface area (Å²) < 4.78 is 0. The molecule has 0 unspecified atom stereocenters. The fourth-order valence-corrected chi connectivity index (χ4v) is 3.94. The highest BCUT2D eigenvalue weighted by Gasteiger charge is 2.25. The molecule has 26 heavy (non-hydrogen) atoms. The first kappa shape index (κ1) is 17.2. The molecule has 1 heterocycles. The third kappa shape index (κ3) is 3.64. The van der Waals surface area contributed by atoms with E-state index in [4.69, 9.17) is 16.7 Å². The molecule has 0 amide bonds. The number of allylic oxidation sites excluding steroid dienone is 1. The minimum atomic E-state index is 0.183. The van der Waals surface area contributed by atoms with E-state index in [1.807, 2.05) is 18.2 Å². The molecule has 2 aromatic rings. The average Bonchev–Trinajstić information content (AvgIpc) is 3.12. The Morgan fingerprint density at radius 3 is 2.69 bits per heavy atom. The second kappa shape index (κ2) is 7.56. The molecule has 0 bridgehead atoms. The number of rotatable bonds is 5. The molecule has 0 spiro atoms. The maximum Gasteiger partial charge on any atom is 0.0582 e. The van der Waals surface area contributed by atoms with Gasteiger partial charge in [0.15, 0.2) is 0 Å². The van der Waals surface area contributed by atoms with Crippen LogP contribution < -0.4 is 10.2 Å². The Kier molecular flexibility index (Phi) is 5.00. The van der Waals surface area contributed by atoms with Crippen molar-refractivity contribution in [1.29, 1.82) is 0 Å². The Balaban J connectivity index is 1.60. The van der Waals surface area contributed by atoms with E-state index in [1.54, 1.807) is 0 Å². The zero-order valence-electron chi connectivity index (χ0n) is 14.7. The van der Waals surface area contributed by atoms with Gasteiger partial charge in [-0.1, -0.05) is 29.8 Å². The van der Waals surface area contributed by atoms with E-state index < -0.39 is 0 Å². The first-order valence-corrected chi connectivity index (χ1v) is 9.53. The van der Waals surface area contributed by atoms with Gasteiger partial charge in [0.25, 0.3) is 0 Å². The van der Waals surface area contributed by atoms with E-state index >= 15 is 0 Å². The minimum absolute atomic E-state index is 0.183. The van der Waals surface area contributed by atoms with Crippen LogP contribution in [0.4, 0.5) is 11.4 Å². The molecule has 0 fully saturated rings. The SMILES string of the molecule is OCCc1ccc(NC2=CN(c3cccc(Cl)c3)CC3=C2CCC3)cc1. The lowest BCUT2D eigenvalue weighted by molar-refractivity contribution is 0.299. The van der Waals surface area contributed by atoms with Crippen molar-refractivity contribution in [3.05, 3.63) is 82.2 Å². The molecule has 1 aliphatic carbocycles. The van der Waals surface area contributed by atoms with Crippen molar-refractivity contribution in [2.75, 3.05) is 23.4 Å². The van der Waals surface area contributed by atoms with Crippen LogP contribution in [0.15, 0.2) is 71.6 Å². The smallest absolute Gasteiger partial charge is 0.0582 e. The quantitative estimate of drug-likeness (QED) is 0.770. The Hall–Kier alpha value is -2.23. The molecule has 1 aliphatic heterocycles. The van der Waals surface area contributed by atoms with Crippen LogP contribution in [0, 0.1) is 0 Å². The normalized spacial score (nSPS) is 16.5. The van der Waals surface area contributed by atoms with E-state index in [2.05, 4.69) is 46.7 Å². The van der Waals surface area contributed by atoms with E-state index in [0.29, 0.717) is 6.42 Å². The number of nitrogens with one attached hydrogen (secondary N) is 1. The zero-order valence-corrected chi connectivity index (χ0v) is 15.5. The third-order valence-corrected chi connectivity index (χ3v) is 5.31. The van der Waals surface area contributed by atoms with Gasteiger partial charge in [-0.3, -0.25) is 0 Å². The largest absolute Gasteiger partial charge is 0.396 e. The highest BCUT2D eigenvalue weighted by Crippen LogP contribution is 2.37. The van der Waals surface area contributed by atoms with E-state index in [9.17, 15) is 0 Å². The Morgan fingerprint density at radius 2 is 1.92 bits per heavy atom. The van der Waals surface area contributed by atoms with Crippen LogP contribution in [0.3, 0.4) is 0 Å². The van der Waals surface area contributed by atoms with Gasteiger partial charge in [0.2, 0.25) is 0 Å². The molecule has 0 aromatic heterocycles. The number of benzene rings is 2. The zero-order chi connectivity index (χ0) is 17.9. The highest BCUT2D eigenvalue weighted by atomic mass is 35.5. The van der Waals surface area contributed by atoms with E-state index in [-0.39, 0.29) is 6.61 Å². The van der Waals surface area contributed by atoms with Gasteiger partial charge in [-0.2, -0.15) is 0 Å². The maximum absolute atomic E-state index is 9.06. The number of hydrogen-bond donors (Lipinski definition) is 2. The van der Waals surface area contributed by atoms with Gasteiger partial charge in [-0.25, -0.2) is 0 Å². The summed E-state index contributed by atoms with van der Waals surface area (Å²) in [5.41, 5.74) is 7.50. The summed E-state index contributed by atoms with van der Waals surface area (Å²) in [7, 11) is 0. The highest BCUT2D eigenvalue weighted by molar-refractivity contribution is 6.30. The van der Waals surface area contributed by atoms with Crippen molar-refractivity contribution in [2.45, 2.75) is 25.7 Å². The summed E-state index contributed by atoms with van der Waals surface area (Å²) in [6, 6.07) is 16.3. The van der Waals surface area contributed by atoms with Crippen molar-refractivity contribution in [3.63, 3.8) is 0 Å². The minimum Gasteiger partial charge on any atom is -0.396 e. The first-order valence-electron chi connectivity index (χ1n) is 9.15. The standard InChI is InChI=1S/C22H23ClN2O/c23-18-4-2-5-20(13-18)25-14-17-3-1-6-21(17)22(15-25)24-19-9-7-16(8-10-19)11-12-26/h2,4-5,7-10,13,15,24,26H,1,3,6,11-12,14H2. The maximum atomic E-state index is 9.06. The van der Waals surface area contributed by atoms with Gasteiger partial charge in [0.1, 0.15) is 0 Å². The number of aliphatic hydroxyl groups is 1. The number of nitrogens with zero attached hydrogens (tertiary/aromatic N) is 1. The van der Waals surface area contributed by atoms with Gasteiger partial charge >= 0.3 is 0 Å². The molecule has 3 nitrogen and oxygen atoms in total. The summed E-state index contributed by atoms with van der Waals surface area (Å²) in [4.78, 5) is 2.28. The van der Waals surface area contributed by atoms with E-state index in [1.165, 1.54) is 29.7 Å². The molecule has 2 N–H and O–H groups in total. The van der Waals surface area contributed by atoms with Crippen LogP contribution in [0.25, 0.3) is 0 Å². The predicted molar refractivity (Wildman–Crippen MR) is 109 cm³/mol. The Labute approximate surface area is 159 Å². The summed E-state index contributed by atoms with van der Waals surface area (Å²) in [6.45, 7) is 1.12. The van der Waals surface area contributed by atoms with Crippen LogP contribution in [-0.2, 0) is 6.42 Å². The monoisotopic (exact) mass is 366 g/mol. The van der Waals surface area contributed by atoms with Crippen LogP contribution in [0.2, 0.25) is 5.02 Å². The van der Waals surface area contributed by atoms with Crippen molar-refractivity contribution < 1.29 is 5.11 Å². The van der Waals surface area contributed by atoms with Gasteiger partial charge in [0.05, 0.1) is 5.70 Å². The second-order valence-electron chi connectivity index (χ2n) is 6.88. The Bertz CT molecular complexity index is 855. The molecule has 2 aliphatic rings. The van der Waals surface area contributed by atoms with Crippen LogP contribution in [0.1, 0.15) is 24.8 Å². The Morgan fingerprint density at radius 1 is 1.08 bits per heavy atom. The van der Waals surface area contributed by atoms with Crippen molar-refractivity contribution in [1.82, 2.24) is 0 Å². The molecular weight excluding hydrogens is 344 g/mol. The van der Waals surface area contributed by atoms with E-state index in [0.717, 1.165) is 34.9 Å². The summed E-state index contributed by atoms with van der Waals surface area (Å²) >= 11 is 6.19. The number of anilines is 2. The predicted octanol–water partition coefficient (Wildman–Crippen LogP) is 5.13. The molecule has 134 valence electrons. The van der Waals surface area contributed by atoms with Gasteiger partial charge in [-0.15, -0.1) is 0 Å². The summed E-state index contributed by atoms with van der Waals surface area (Å²) in [5.74, 6) is 0. The van der Waals surface area contributed by atoms with Gasteiger partial charge < -0.3 is 15.3 Å². The van der Waals surface area contributed by atoms with Gasteiger partial charge in [-0.05, 0) is 72.7 Å². The topological polar surface area (TPSA) is 35.5 Å². The molecule has 0 saturated heterocycles. The molecule has 4 heteroatoms. The first-order chi connectivity index (χ1) is 12.7. The number of aliphatic hydroxyl groups excluding tert-OH is 1. The lowest BCUT2D eigenvalue weighted by Crippen LogP contribution is -2.25. The molecule has 0 atom stereocenters. The lowest BCUT2D eigenvalue weighted by Gasteiger charge is -2.29. The summed E-state index contributed by atoms with van der Waals surface area (Å²) in [5, 5.41) is 13.4. The lowest BCUT2D eigenvalue weighted by atomic mass is 10.0. The molecule has 0 radical (unpaired) electrons. The third-order valence-electron chi connectivity index (χ3n) is 5.08. The average molecular weight is 367 g/mol. The number of hydrogen-bond acceptors (Lipinski definition) is 3. The van der Waals surface area contributed by atoms with Crippen molar-refractivity contribution in [2.24, 2.45) is 0 Å². The molecule has 0 saturated carbocycles. The van der Waals surface area contributed by atoms with Crippen molar-refractivity contribution in [3.8, 4) is 0 Å². The fourth-order valence-electron chi connectivity index (χ4n) is 3.76. The van der Waals surface area contributed by atoms with Gasteiger partial charge in [0, 0.05) is 35.7 Å². The number of halogens is 1. The van der Waals surface area contributed by atoms with Crippen LogP contribution >= 0.6 is 11.6 Å². The van der Waals surface area contributed by atoms with Crippen molar-refractivity contribution >= 4 is 23.0 Å². The summed E-state index contributed by atoms with van der Waals surface area (Å²) in [6.07, 6.45) is 6.43. The molecule has 2 aromatic carbocycles.